The number of nitrogens with zero attached hydrogens (tertiary/aromatic N) is 1. The second kappa shape index (κ2) is 2.55. The van der Waals surface area contributed by atoms with Gasteiger partial charge in [-0.3, -0.25) is 9.79 Å². The van der Waals surface area contributed by atoms with Crippen LogP contribution in [0.5, 0.6) is 0 Å². The molecular formula is C8H9NO3. The lowest BCUT2D eigenvalue weighted by Gasteiger charge is -2.18. The van der Waals surface area contributed by atoms with Crippen LogP contribution in [0.4, 0.5) is 0 Å². The summed E-state index contributed by atoms with van der Waals surface area (Å²) in [6, 6.07) is 0. The summed E-state index contributed by atoms with van der Waals surface area (Å²) in [5.41, 5.74) is -0.336. The molecule has 1 heterocycles. The van der Waals surface area contributed by atoms with E-state index in [0.717, 1.165) is 0 Å². The van der Waals surface area contributed by atoms with Crippen LogP contribution in [0.15, 0.2) is 16.8 Å². The van der Waals surface area contributed by atoms with E-state index in [1.807, 2.05) is 0 Å². The SMILES string of the molecule is CC1(C)C(C(=O)O)=CN=C1C=O. The maximum Gasteiger partial charge on any atom is 0.334 e. The van der Waals surface area contributed by atoms with Crippen molar-refractivity contribution in [2.24, 2.45) is 10.4 Å². The molecule has 0 atom stereocenters. The number of aliphatic imine (C=N–C) groups is 1. The molecule has 1 rings (SSSR count). The third kappa shape index (κ3) is 1.05. The van der Waals surface area contributed by atoms with Crippen LogP contribution in [0.25, 0.3) is 0 Å². The first-order valence-corrected chi connectivity index (χ1v) is 3.47. The summed E-state index contributed by atoms with van der Waals surface area (Å²) >= 11 is 0. The standard InChI is InChI=1S/C8H9NO3/c1-8(2)5(7(11)12)3-9-6(8)4-10/h3-4H,1-2H3,(H,11,12). The van der Waals surface area contributed by atoms with Crippen molar-refractivity contribution >= 4 is 18.0 Å². The summed E-state index contributed by atoms with van der Waals surface area (Å²) in [5, 5.41) is 8.70. The molecule has 0 bridgehead atoms. The molecule has 0 aromatic heterocycles. The van der Waals surface area contributed by atoms with E-state index in [0.29, 0.717) is 6.29 Å². The van der Waals surface area contributed by atoms with E-state index in [4.69, 9.17) is 5.11 Å². The van der Waals surface area contributed by atoms with Crippen LogP contribution >= 0.6 is 0 Å². The molecule has 0 spiro atoms. The molecule has 0 aromatic carbocycles. The number of carbonyl (C=O) groups is 2. The normalized spacial score (nSPS) is 19.8. The Hall–Kier alpha value is -1.45. The van der Waals surface area contributed by atoms with Crippen LogP contribution in [0.1, 0.15) is 13.8 Å². The van der Waals surface area contributed by atoms with Gasteiger partial charge in [0.05, 0.1) is 11.3 Å². The Kier molecular flexibility index (Phi) is 1.84. The monoisotopic (exact) mass is 167 g/mol. The zero-order valence-electron chi connectivity index (χ0n) is 6.87. The third-order valence-electron chi connectivity index (χ3n) is 1.99. The smallest absolute Gasteiger partial charge is 0.334 e. The van der Waals surface area contributed by atoms with E-state index in [1.54, 1.807) is 13.8 Å². The zero-order valence-corrected chi connectivity index (χ0v) is 6.87. The Morgan fingerprint density at radius 1 is 1.67 bits per heavy atom. The van der Waals surface area contributed by atoms with Gasteiger partial charge in [-0.15, -0.1) is 0 Å². The molecule has 4 heteroatoms. The largest absolute Gasteiger partial charge is 0.478 e. The number of aldehydes is 1. The molecule has 0 saturated heterocycles. The van der Waals surface area contributed by atoms with E-state index in [2.05, 4.69) is 4.99 Å². The van der Waals surface area contributed by atoms with Crippen molar-refractivity contribution in [2.45, 2.75) is 13.8 Å². The number of carbonyl (C=O) groups excluding carboxylic acids is 1. The predicted octanol–water partition coefficient (Wildman–Crippen LogP) is 0.635. The molecule has 1 N–H and O–H groups in total. The first-order valence-electron chi connectivity index (χ1n) is 3.47. The maximum absolute atomic E-state index is 10.6. The van der Waals surface area contributed by atoms with Gasteiger partial charge in [-0.2, -0.15) is 0 Å². The van der Waals surface area contributed by atoms with Gasteiger partial charge >= 0.3 is 5.97 Å². The molecule has 12 heavy (non-hydrogen) atoms. The second-order valence-corrected chi connectivity index (χ2v) is 3.11. The van der Waals surface area contributed by atoms with Crippen molar-refractivity contribution in [2.75, 3.05) is 0 Å². The number of rotatable bonds is 2. The minimum atomic E-state index is -1.03. The van der Waals surface area contributed by atoms with Crippen molar-refractivity contribution in [1.82, 2.24) is 0 Å². The fourth-order valence-corrected chi connectivity index (χ4v) is 1.10. The molecule has 4 nitrogen and oxygen atoms in total. The van der Waals surface area contributed by atoms with Gasteiger partial charge < -0.3 is 5.11 Å². The Balaban J connectivity index is 3.05. The van der Waals surface area contributed by atoms with Crippen molar-refractivity contribution in [3.8, 4) is 0 Å². The number of aliphatic carboxylic acids is 1. The Bertz CT molecular complexity index is 299. The summed E-state index contributed by atoms with van der Waals surface area (Å²) in [4.78, 5) is 24.8. The minimum Gasteiger partial charge on any atom is -0.478 e. The molecule has 1 aliphatic rings. The van der Waals surface area contributed by atoms with Gasteiger partial charge in [0.1, 0.15) is 0 Å². The van der Waals surface area contributed by atoms with Gasteiger partial charge in [0.25, 0.3) is 0 Å². The first-order chi connectivity index (χ1) is 5.50. The molecule has 0 aliphatic carbocycles. The van der Waals surface area contributed by atoms with Gasteiger partial charge in [-0.25, -0.2) is 4.79 Å². The van der Waals surface area contributed by atoms with E-state index in [-0.39, 0.29) is 11.3 Å². The molecule has 0 amide bonds. The Labute approximate surface area is 69.6 Å². The fourth-order valence-electron chi connectivity index (χ4n) is 1.10. The lowest BCUT2D eigenvalue weighted by Crippen LogP contribution is -2.27. The predicted molar refractivity (Wildman–Crippen MR) is 43.0 cm³/mol. The zero-order chi connectivity index (χ0) is 9.35. The first kappa shape index (κ1) is 8.64. The molecule has 0 aromatic rings. The van der Waals surface area contributed by atoms with Crippen LogP contribution in [-0.2, 0) is 9.59 Å². The van der Waals surface area contributed by atoms with Crippen molar-refractivity contribution in [3.63, 3.8) is 0 Å². The highest BCUT2D eigenvalue weighted by atomic mass is 16.4. The van der Waals surface area contributed by atoms with Gasteiger partial charge in [0, 0.05) is 11.6 Å². The Morgan fingerprint density at radius 3 is 2.50 bits per heavy atom. The third-order valence-corrected chi connectivity index (χ3v) is 1.99. The lowest BCUT2D eigenvalue weighted by molar-refractivity contribution is -0.133. The van der Waals surface area contributed by atoms with E-state index in [9.17, 15) is 9.59 Å². The summed E-state index contributed by atoms with van der Waals surface area (Å²) in [5.74, 6) is -1.03. The number of hydrogen-bond donors (Lipinski definition) is 1. The number of carboxylic acid groups (broad SMARTS) is 1. The van der Waals surface area contributed by atoms with Crippen LogP contribution in [0.3, 0.4) is 0 Å². The lowest BCUT2D eigenvalue weighted by atomic mass is 9.82. The number of hydrogen-bond acceptors (Lipinski definition) is 3. The minimum absolute atomic E-state index is 0.157. The van der Waals surface area contributed by atoms with Crippen LogP contribution in [0, 0.1) is 5.41 Å². The molecule has 0 saturated carbocycles. The highest BCUT2D eigenvalue weighted by molar-refractivity contribution is 6.34. The second-order valence-electron chi connectivity index (χ2n) is 3.11. The summed E-state index contributed by atoms with van der Waals surface area (Å²) in [6.45, 7) is 3.32. The van der Waals surface area contributed by atoms with Crippen molar-refractivity contribution in [3.05, 3.63) is 11.8 Å². The molecular weight excluding hydrogens is 158 g/mol. The van der Waals surface area contributed by atoms with Crippen molar-refractivity contribution < 1.29 is 14.7 Å². The summed E-state index contributed by atoms with van der Waals surface area (Å²) < 4.78 is 0. The van der Waals surface area contributed by atoms with Gasteiger partial charge in [-0.05, 0) is 13.8 Å². The fraction of sp³-hybridized carbons (Fsp3) is 0.375. The maximum atomic E-state index is 10.6. The Morgan fingerprint density at radius 2 is 2.25 bits per heavy atom. The molecule has 0 unspecified atom stereocenters. The van der Waals surface area contributed by atoms with Gasteiger partial charge in [-0.1, -0.05) is 0 Å². The summed E-state index contributed by atoms with van der Waals surface area (Å²) in [7, 11) is 0. The average Bonchev–Trinajstić information content (AvgIpc) is 2.24. The quantitative estimate of drug-likeness (QED) is 0.613. The summed E-state index contributed by atoms with van der Waals surface area (Å²) in [6.07, 6.45) is 1.82. The van der Waals surface area contributed by atoms with Gasteiger partial charge in [0.2, 0.25) is 0 Å². The van der Waals surface area contributed by atoms with E-state index in [1.165, 1.54) is 6.20 Å². The van der Waals surface area contributed by atoms with Crippen LogP contribution in [0.2, 0.25) is 0 Å². The highest BCUT2D eigenvalue weighted by Crippen LogP contribution is 2.32. The van der Waals surface area contributed by atoms with Crippen molar-refractivity contribution in [1.29, 1.82) is 0 Å². The van der Waals surface area contributed by atoms with E-state index >= 15 is 0 Å². The van der Waals surface area contributed by atoms with E-state index < -0.39 is 11.4 Å². The number of carboxylic acids is 1. The molecule has 0 radical (unpaired) electrons. The average molecular weight is 167 g/mol. The molecule has 0 fully saturated rings. The topological polar surface area (TPSA) is 66.7 Å². The van der Waals surface area contributed by atoms with Gasteiger partial charge in [0.15, 0.2) is 6.29 Å². The molecule has 1 aliphatic heterocycles. The highest BCUT2D eigenvalue weighted by Gasteiger charge is 2.36. The molecule has 64 valence electrons. The van der Waals surface area contributed by atoms with Crippen LogP contribution < -0.4 is 0 Å². The van der Waals surface area contributed by atoms with Crippen LogP contribution in [-0.4, -0.2) is 23.1 Å².